The van der Waals surface area contributed by atoms with Crippen LogP contribution in [0.5, 0.6) is 5.75 Å². The van der Waals surface area contributed by atoms with Crippen molar-refractivity contribution in [2.45, 2.75) is 13.0 Å². The summed E-state index contributed by atoms with van der Waals surface area (Å²) in [4.78, 5) is 0. The lowest BCUT2D eigenvalue weighted by atomic mass is 10.1. The maximum atomic E-state index is 13.3. The monoisotopic (exact) mass is 214 g/mol. The number of rotatable bonds is 5. The van der Waals surface area contributed by atoms with Gasteiger partial charge in [-0.3, -0.25) is 0 Å². The number of aliphatic hydroxyl groups is 1. The molecule has 0 aliphatic rings. The number of hydrogen-bond donors (Lipinski definition) is 1. The fraction of sp³-hybridized carbons (Fsp3) is 0.455. The molecule has 15 heavy (non-hydrogen) atoms. The lowest BCUT2D eigenvalue weighted by molar-refractivity contribution is 0.146. The van der Waals surface area contributed by atoms with Gasteiger partial charge in [0.2, 0.25) is 0 Å². The van der Waals surface area contributed by atoms with E-state index < -0.39 is 11.9 Å². The highest BCUT2D eigenvalue weighted by atomic mass is 19.1. The molecule has 0 unspecified atom stereocenters. The maximum absolute atomic E-state index is 13.3. The third kappa shape index (κ3) is 3.49. The van der Waals surface area contributed by atoms with Crippen molar-refractivity contribution in [3.05, 3.63) is 29.6 Å². The summed E-state index contributed by atoms with van der Waals surface area (Å²) in [5, 5.41) is 9.21. The Hall–Kier alpha value is -1.13. The summed E-state index contributed by atoms with van der Waals surface area (Å²) in [5.74, 6) is -0.0196. The van der Waals surface area contributed by atoms with E-state index in [1.165, 1.54) is 19.1 Å². The molecule has 0 heterocycles. The Labute approximate surface area is 88.4 Å². The maximum Gasteiger partial charge on any atom is 0.132 e. The van der Waals surface area contributed by atoms with E-state index in [9.17, 15) is 9.50 Å². The zero-order valence-corrected chi connectivity index (χ0v) is 8.87. The van der Waals surface area contributed by atoms with Crippen LogP contribution in [0.1, 0.15) is 18.6 Å². The molecule has 0 amide bonds. The lowest BCUT2D eigenvalue weighted by Crippen LogP contribution is -2.05. The van der Waals surface area contributed by atoms with Gasteiger partial charge in [0, 0.05) is 18.7 Å². The summed E-state index contributed by atoms with van der Waals surface area (Å²) < 4.78 is 23.4. The highest BCUT2D eigenvalue weighted by molar-refractivity contribution is 5.29. The number of hydrogen-bond acceptors (Lipinski definition) is 3. The van der Waals surface area contributed by atoms with Gasteiger partial charge < -0.3 is 14.6 Å². The lowest BCUT2D eigenvalue weighted by Gasteiger charge is -2.09. The molecule has 1 atom stereocenters. The SMILES string of the molecule is COCCOc1ccc([C@H](C)O)c(F)c1. The van der Waals surface area contributed by atoms with Crippen LogP contribution in [0.4, 0.5) is 4.39 Å². The molecule has 0 fully saturated rings. The molecule has 1 aromatic carbocycles. The first-order valence-corrected chi connectivity index (χ1v) is 4.74. The summed E-state index contributed by atoms with van der Waals surface area (Å²) in [6.45, 7) is 2.35. The third-order valence-corrected chi connectivity index (χ3v) is 1.98. The molecule has 0 aromatic heterocycles. The Morgan fingerprint density at radius 2 is 2.13 bits per heavy atom. The molecule has 4 heteroatoms. The standard InChI is InChI=1S/C11H15FO3/c1-8(13)10-4-3-9(7-11(10)12)15-6-5-14-2/h3-4,7-8,13H,5-6H2,1-2H3/t8-/m0/s1. The van der Waals surface area contributed by atoms with Crippen LogP contribution >= 0.6 is 0 Å². The normalized spacial score (nSPS) is 12.5. The number of halogens is 1. The Morgan fingerprint density at radius 1 is 1.40 bits per heavy atom. The van der Waals surface area contributed by atoms with Gasteiger partial charge in [0.05, 0.1) is 12.7 Å². The first-order valence-electron chi connectivity index (χ1n) is 4.74. The van der Waals surface area contributed by atoms with Crippen molar-refractivity contribution in [1.29, 1.82) is 0 Å². The Kier molecular flexibility index (Phi) is 4.52. The minimum atomic E-state index is -0.807. The van der Waals surface area contributed by atoms with E-state index >= 15 is 0 Å². The van der Waals surface area contributed by atoms with Crippen molar-refractivity contribution in [1.82, 2.24) is 0 Å². The Balaban J connectivity index is 2.65. The van der Waals surface area contributed by atoms with Gasteiger partial charge in [-0.1, -0.05) is 0 Å². The van der Waals surface area contributed by atoms with Crippen molar-refractivity contribution >= 4 is 0 Å². The van der Waals surface area contributed by atoms with Gasteiger partial charge in [-0.2, -0.15) is 0 Å². The van der Waals surface area contributed by atoms with Crippen molar-refractivity contribution in [2.75, 3.05) is 20.3 Å². The zero-order valence-electron chi connectivity index (χ0n) is 8.87. The van der Waals surface area contributed by atoms with Gasteiger partial charge in [0.1, 0.15) is 18.2 Å². The summed E-state index contributed by atoms with van der Waals surface area (Å²) in [6, 6.07) is 4.40. The van der Waals surface area contributed by atoms with Gasteiger partial charge in [-0.15, -0.1) is 0 Å². The second-order valence-electron chi connectivity index (χ2n) is 3.20. The quantitative estimate of drug-likeness (QED) is 0.761. The predicted octanol–water partition coefficient (Wildman–Crippen LogP) is 1.90. The van der Waals surface area contributed by atoms with E-state index in [0.717, 1.165) is 0 Å². The Bertz CT molecular complexity index is 313. The van der Waals surface area contributed by atoms with E-state index in [1.54, 1.807) is 13.2 Å². The van der Waals surface area contributed by atoms with Crippen LogP contribution in [-0.4, -0.2) is 25.4 Å². The van der Waals surface area contributed by atoms with Crippen LogP contribution in [0.2, 0.25) is 0 Å². The number of benzene rings is 1. The van der Waals surface area contributed by atoms with Crippen LogP contribution in [0.3, 0.4) is 0 Å². The summed E-state index contributed by atoms with van der Waals surface area (Å²) in [7, 11) is 1.57. The molecule has 0 aliphatic heterocycles. The van der Waals surface area contributed by atoms with Gasteiger partial charge in [-0.05, 0) is 19.1 Å². The molecule has 0 saturated carbocycles. The first kappa shape index (κ1) is 11.9. The second kappa shape index (κ2) is 5.68. The predicted molar refractivity (Wildman–Crippen MR) is 54.4 cm³/mol. The molecule has 1 aromatic rings. The number of aliphatic hydroxyl groups excluding tert-OH is 1. The van der Waals surface area contributed by atoms with Crippen LogP contribution in [0, 0.1) is 5.82 Å². The van der Waals surface area contributed by atoms with Crippen LogP contribution in [0.25, 0.3) is 0 Å². The van der Waals surface area contributed by atoms with Gasteiger partial charge >= 0.3 is 0 Å². The number of ether oxygens (including phenoxy) is 2. The summed E-state index contributed by atoms with van der Waals surface area (Å²) in [6.07, 6.45) is -0.807. The highest BCUT2D eigenvalue weighted by Gasteiger charge is 2.08. The molecule has 1 N–H and O–H groups in total. The first-order chi connectivity index (χ1) is 7.15. The van der Waals surface area contributed by atoms with E-state index in [0.29, 0.717) is 19.0 Å². The molecule has 0 radical (unpaired) electrons. The molecule has 0 saturated heterocycles. The van der Waals surface area contributed by atoms with Gasteiger partial charge in [0.15, 0.2) is 0 Å². The number of methoxy groups -OCH3 is 1. The van der Waals surface area contributed by atoms with E-state index in [-0.39, 0.29) is 5.56 Å². The van der Waals surface area contributed by atoms with Crippen LogP contribution < -0.4 is 4.74 Å². The van der Waals surface area contributed by atoms with E-state index in [1.807, 2.05) is 0 Å². The fourth-order valence-electron chi connectivity index (χ4n) is 1.18. The zero-order chi connectivity index (χ0) is 11.3. The fourth-order valence-corrected chi connectivity index (χ4v) is 1.18. The molecule has 84 valence electrons. The second-order valence-corrected chi connectivity index (χ2v) is 3.20. The van der Waals surface area contributed by atoms with Crippen molar-refractivity contribution < 1.29 is 19.0 Å². The highest BCUT2D eigenvalue weighted by Crippen LogP contribution is 2.21. The molecule has 0 aliphatic carbocycles. The largest absolute Gasteiger partial charge is 0.491 e. The Morgan fingerprint density at radius 3 is 2.67 bits per heavy atom. The smallest absolute Gasteiger partial charge is 0.132 e. The van der Waals surface area contributed by atoms with E-state index in [2.05, 4.69) is 0 Å². The molecule has 0 bridgehead atoms. The summed E-state index contributed by atoms with van der Waals surface area (Å²) in [5.41, 5.74) is 0.272. The summed E-state index contributed by atoms with van der Waals surface area (Å²) >= 11 is 0. The minimum Gasteiger partial charge on any atom is -0.491 e. The third-order valence-electron chi connectivity index (χ3n) is 1.98. The molecular weight excluding hydrogens is 199 g/mol. The van der Waals surface area contributed by atoms with Crippen molar-refractivity contribution in [2.24, 2.45) is 0 Å². The van der Waals surface area contributed by atoms with Crippen LogP contribution in [0.15, 0.2) is 18.2 Å². The average molecular weight is 214 g/mol. The van der Waals surface area contributed by atoms with Crippen LogP contribution in [-0.2, 0) is 4.74 Å². The molecule has 1 rings (SSSR count). The molecule has 3 nitrogen and oxygen atoms in total. The average Bonchev–Trinajstić information content (AvgIpc) is 2.17. The van der Waals surface area contributed by atoms with E-state index in [4.69, 9.17) is 9.47 Å². The minimum absolute atomic E-state index is 0.272. The van der Waals surface area contributed by atoms with Crippen molar-refractivity contribution in [3.8, 4) is 5.75 Å². The molecule has 0 spiro atoms. The van der Waals surface area contributed by atoms with Gasteiger partial charge in [0.25, 0.3) is 0 Å². The molecular formula is C11H15FO3. The topological polar surface area (TPSA) is 38.7 Å². The van der Waals surface area contributed by atoms with Gasteiger partial charge in [-0.25, -0.2) is 4.39 Å². The van der Waals surface area contributed by atoms with Crippen molar-refractivity contribution in [3.63, 3.8) is 0 Å².